The topological polar surface area (TPSA) is 192 Å². The monoisotopic (exact) mass is 1120 g/mol. The van der Waals surface area contributed by atoms with Gasteiger partial charge >= 0.3 is 22.1 Å². The molecule has 6 aromatic carbocycles. The predicted molar refractivity (Wildman–Crippen MR) is 304 cm³/mol. The van der Waals surface area contributed by atoms with Crippen LogP contribution >= 0.6 is 23.1 Å². The van der Waals surface area contributed by atoms with Crippen LogP contribution in [0.3, 0.4) is 0 Å². The van der Waals surface area contributed by atoms with Crippen molar-refractivity contribution in [3.8, 4) is 0 Å². The minimum absolute atomic E-state index is 0.0537. The lowest BCUT2D eigenvalue weighted by Gasteiger charge is -2.49. The van der Waals surface area contributed by atoms with E-state index in [1.807, 2.05) is 159 Å². The zero-order chi connectivity index (χ0) is 56.0. The summed E-state index contributed by atoms with van der Waals surface area (Å²) in [6.45, 7) is 9.87. The number of aryl methyl sites for hydroxylation is 1. The van der Waals surface area contributed by atoms with E-state index in [-0.39, 0.29) is 33.3 Å². The number of benzene rings is 6. The van der Waals surface area contributed by atoms with E-state index in [2.05, 4.69) is 15.8 Å². The highest BCUT2D eigenvalue weighted by molar-refractivity contribution is 8.00. The first-order valence-electron chi connectivity index (χ1n) is 25.2. The molecule has 2 amide bonds. The number of hydrogen-bond acceptors (Lipinski definition) is 15. The third-order valence-electron chi connectivity index (χ3n) is 12.8. The highest BCUT2D eigenvalue weighted by atomic mass is 32.2. The minimum atomic E-state index is -4.27. The van der Waals surface area contributed by atoms with E-state index >= 15 is 0 Å². The first-order chi connectivity index (χ1) is 37.8. The Hall–Kier alpha value is -8.32. The molecular weight excluding hydrogens is 1060 g/mol. The first-order valence-corrected chi connectivity index (χ1v) is 28.5. The van der Waals surface area contributed by atoms with Crippen molar-refractivity contribution in [2.75, 3.05) is 11.1 Å². The van der Waals surface area contributed by atoms with E-state index in [0.29, 0.717) is 16.3 Å². The number of carbonyl (C=O) groups excluding carboxylic acids is 4. The molecule has 2 aliphatic heterocycles. The predicted octanol–water partition coefficient (Wildman–Crippen LogP) is 10.6. The summed E-state index contributed by atoms with van der Waals surface area (Å²) in [6.07, 6.45) is 1.36. The van der Waals surface area contributed by atoms with Gasteiger partial charge in [-0.2, -0.15) is 8.42 Å². The van der Waals surface area contributed by atoms with Gasteiger partial charge in [-0.3, -0.25) is 14.5 Å². The van der Waals surface area contributed by atoms with Gasteiger partial charge in [0.05, 0.1) is 0 Å². The van der Waals surface area contributed by atoms with Crippen molar-refractivity contribution in [1.82, 2.24) is 15.2 Å². The van der Waals surface area contributed by atoms with E-state index in [0.717, 1.165) is 28.5 Å². The van der Waals surface area contributed by atoms with Gasteiger partial charge in [0, 0.05) is 11.1 Å². The minimum Gasteiger partial charge on any atom is -0.457 e. The fourth-order valence-electron chi connectivity index (χ4n) is 8.84. The Bertz CT molecular complexity index is 3400. The number of rotatable bonds is 19. The molecule has 2 atom stereocenters. The van der Waals surface area contributed by atoms with Gasteiger partial charge in [0.1, 0.15) is 45.1 Å². The number of allylic oxidation sites excluding steroid dienone is 1. The van der Waals surface area contributed by atoms with Gasteiger partial charge in [-0.1, -0.05) is 175 Å². The fourth-order valence-corrected chi connectivity index (χ4v) is 11.7. The van der Waals surface area contributed by atoms with Gasteiger partial charge in [-0.15, -0.1) is 23.1 Å². The molecule has 1 saturated heterocycles. The number of fused-ring (bicyclic) bond motifs is 1. The highest BCUT2D eigenvalue weighted by Gasteiger charge is 2.55. The van der Waals surface area contributed by atoms with E-state index in [1.54, 1.807) is 38.3 Å². The van der Waals surface area contributed by atoms with Crippen molar-refractivity contribution in [3.05, 3.63) is 244 Å². The number of esters is 2. The lowest BCUT2D eigenvalue weighted by atomic mass is 9.77. The number of aromatic nitrogens is 1. The Balaban J connectivity index is 1.05. The summed E-state index contributed by atoms with van der Waals surface area (Å²) in [4.78, 5) is 69.8. The number of hydrogen-bond donors (Lipinski definition) is 2. The number of β-lactam (4-membered cyclic amide) rings is 1. The van der Waals surface area contributed by atoms with E-state index < -0.39 is 68.1 Å². The number of anilines is 1. The van der Waals surface area contributed by atoms with Crippen molar-refractivity contribution in [2.45, 2.75) is 80.7 Å². The molecular formula is C61H57N5O10S3. The summed E-state index contributed by atoms with van der Waals surface area (Å²) < 4.78 is 43.7. The molecule has 1 aromatic heterocycles. The summed E-state index contributed by atoms with van der Waals surface area (Å²) in [5, 5.41) is 12.0. The molecule has 7 aromatic rings. The molecule has 15 nitrogen and oxygen atoms in total. The molecule has 404 valence electrons. The van der Waals surface area contributed by atoms with Crippen LogP contribution < -0.4 is 10.6 Å². The molecule has 0 aliphatic carbocycles. The van der Waals surface area contributed by atoms with Crippen LogP contribution in [0.25, 0.3) is 0 Å². The number of carbonyl (C=O) groups is 4. The summed E-state index contributed by atoms with van der Waals surface area (Å²) in [5.41, 5.74) is 1.06. The maximum atomic E-state index is 14.9. The Labute approximate surface area is 467 Å². The van der Waals surface area contributed by atoms with Crippen molar-refractivity contribution < 1.29 is 46.1 Å². The molecule has 0 bridgehead atoms. The maximum absolute atomic E-state index is 14.9. The van der Waals surface area contributed by atoms with Crippen LogP contribution in [0.4, 0.5) is 5.13 Å². The molecule has 0 spiro atoms. The normalized spacial score (nSPS) is 16.0. The van der Waals surface area contributed by atoms with Crippen molar-refractivity contribution in [3.63, 3.8) is 0 Å². The zero-order valence-electron chi connectivity index (χ0n) is 44.1. The third-order valence-corrected chi connectivity index (χ3v) is 16.1. The lowest BCUT2D eigenvalue weighted by molar-refractivity contribution is -0.179. The summed E-state index contributed by atoms with van der Waals surface area (Å²) in [6, 6.07) is 52.8. The Morgan fingerprint density at radius 2 is 1.27 bits per heavy atom. The van der Waals surface area contributed by atoms with Crippen LogP contribution in [0.2, 0.25) is 0 Å². The standard InChI is InChI=1S/C61H57N5O10S3/c1-40-32-34-47(35-33-40)79(71,72)73-37-36-43-38-77-55-50(54(68)66(55)51(43)56(69)74-52(41-22-12-7-13-23-41)42-24-14-8-15-25-42)63-53(67)49(65-76-60(5,6)57(70)75-59(2,3)4)48-39-78-58(62-48)64-61(44-26-16-9-17-27-44,45-28-18-10-19-29-45)46-30-20-11-21-31-46/h7-37,39,50,52,55H,38H2,1-6H3,(H,62,64)(H,63,67)/b37-36+,65-49+. The van der Waals surface area contributed by atoms with Crippen molar-refractivity contribution >= 4 is 67.8 Å². The van der Waals surface area contributed by atoms with E-state index in [4.69, 9.17) is 23.5 Å². The van der Waals surface area contributed by atoms with Gasteiger partial charge in [-0.25, -0.2) is 14.6 Å². The molecule has 2 aliphatic rings. The lowest BCUT2D eigenvalue weighted by Crippen LogP contribution is -2.71. The smallest absolute Gasteiger partial charge is 0.356 e. The van der Waals surface area contributed by atoms with Crippen molar-refractivity contribution in [1.29, 1.82) is 0 Å². The van der Waals surface area contributed by atoms with Crippen LogP contribution in [0.1, 0.15) is 79.8 Å². The van der Waals surface area contributed by atoms with Crippen LogP contribution in [0.15, 0.2) is 215 Å². The largest absolute Gasteiger partial charge is 0.457 e. The molecule has 3 heterocycles. The summed E-state index contributed by atoms with van der Waals surface area (Å²) >= 11 is 2.42. The summed E-state index contributed by atoms with van der Waals surface area (Å²) in [7, 11) is -4.27. The number of thioether (sulfide) groups is 1. The molecule has 2 unspecified atom stereocenters. The number of nitrogens with zero attached hydrogens (tertiary/aromatic N) is 3. The van der Waals surface area contributed by atoms with Crippen LogP contribution in [-0.2, 0) is 53.3 Å². The average molecular weight is 1120 g/mol. The molecule has 1 fully saturated rings. The molecule has 0 radical (unpaired) electrons. The highest BCUT2D eigenvalue weighted by Crippen LogP contribution is 2.43. The van der Waals surface area contributed by atoms with Crippen LogP contribution in [-0.4, -0.2) is 76.1 Å². The number of amides is 2. The van der Waals surface area contributed by atoms with Crippen molar-refractivity contribution in [2.24, 2.45) is 5.16 Å². The number of oxime groups is 1. The second kappa shape index (κ2) is 23.3. The number of ether oxygens (including phenoxy) is 2. The van der Waals surface area contributed by atoms with Gasteiger partial charge in [0.25, 0.3) is 11.8 Å². The molecule has 9 rings (SSSR count). The Morgan fingerprint density at radius 1 is 0.747 bits per heavy atom. The van der Waals surface area contributed by atoms with Gasteiger partial charge < -0.3 is 29.1 Å². The van der Waals surface area contributed by atoms with E-state index in [9.17, 15) is 27.6 Å². The maximum Gasteiger partial charge on any atom is 0.356 e. The molecule has 18 heteroatoms. The zero-order valence-corrected chi connectivity index (χ0v) is 46.5. The average Bonchev–Trinajstić information content (AvgIpc) is 4.08. The number of thiazole rings is 1. The van der Waals surface area contributed by atoms with Crippen LogP contribution in [0, 0.1) is 6.92 Å². The second-order valence-electron chi connectivity index (χ2n) is 20.1. The second-order valence-corrected chi connectivity index (χ2v) is 23.6. The first kappa shape index (κ1) is 55.4. The summed E-state index contributed by atoms with van der Waals surface area (Å²) in [5.74, 6) is -3.14. The number of nitrogens with one attached hydrogen (secondary N) is 2. The van der Waals surface area contributed by atoms with Crippen LogP contribution in [0.5, 0.6) is 0 Å². The van der Waals surface area contributed by atoms with Gasteiger partial charge in [-0.05, 0) is 93.1 Å². The van der Waals surface area contributed by atoms with Gasteiger partial charge in [0.2, 0.25) is 5.60 Å². The molecule has 79 heavy (non-hydrogen) atoms. The molecule has 2 N–H and O–H groups in total. The van der Waals surface area contributed by atoms with E-state index in [1.165, 1.54) is 60.1 Å². The quantitative estimate of drug-likeness (QED) is 0.0148. The fraction of sp³-hybridized carbons (Fsp3) is 0.213. The molecule has 0 saturated carbocycles. The van der Waals surface area contributed by atoms with Gasteiger partial charge in [0.15, 0.2) is 16.9 Å². The Kier molecular flexibility index (Phi) is 16.4. The third kappa shape index (κ3) is 12.4. The SMILES string of the molecule is Cc1ccc(S(=O)(=O)O/C=C/C2=C(C(=O)OC(c3ccccc3)c3ccccc3)N3C(=O)C(NC(=O)/C(=N/OC(C)(C)C(=O)OC(C)(C)C)c4csc(NC(c5ccccc5)(c5ccccc5)c5ccccc5)n4)C3SC2)cc1. The Morgan fingerprint density at radius 3 is 1.78 bits per heavy atom.